The molecule has 2 unspecified atom stereocenters. The average molecular weight is 279 g/mol. The molecule has 1 aliphatic heterocycles. The third-order valence-corrected chi connectivity index (χ3v) is 3.82. The standard InChI is InChI=1S/C17H17N3O/c1-20-15(16(21)13-10-6-3-7-11-13)14(19-17(20)18)12-8-4-2-5-9-12/h2-11,14-15H,1H3,(H2,18,19). The molecular weight excluding hydrogens is 262 g/mol. The van der Waals surface area contributed by atoms with Crippen molar-refractivity contribution in [3.8, 4) is 0 Å². The van der Waals surface area contributed by atoms with Gasteiger partial charge in [0.2, 0.25) is 0 Å². The number of carbonyl (C=O) groups excluding carboxylic acids is 1. The fraction of sp³-hybridized carbons (Fsp3) is 0.176. The number of Topliss-reactive ketones (excluding diaryl/α,β-unsaturated/α-hetero) is 1. The van der Waals surface area contributed by atoms with Crippen LogP contribution < -0.4 is 5.73 Å². The number of nitrogens with zero attached hydrogens (tertiary/aromatic N) is 2. The second-order valence-corrected chi connectivity index (χ2v) is 5.13. The Balaban J connectivity index is 1.98. The van der Waals surface area contributed by atoms with Gasteiger partial charge in [0.05, 0.1) is 0 Å². The predicted octanol–water partition coefficient (Wildman–Crippen LogP) is 2.24. The number of benzene rings is 2. The average Bonchev–Trinajstić information content (AvgIpc) is 2.84. The highest BCUT2D eigenvalue weighted by Crippen LogP contribution is 2.31. The van der Waals surface area contributed by atoms with E-state index < -0.39 is 6.04 Å². The Morgan fingerprint density at radius 1 is 1.05 bits per heavy atom. The van der Waals surface area contributed by atoms with Crippen LogP contribution in [-0.4, -0.2) is 29.7 Å². The van der Waals surface area contributed by atoms with E-state index in [1.807, 2.05) is 67.7 Å². The quantitative estimate of drug-likeness (QED) is 0.877. The molecule has 0 amide bonds. The molecule has 0 saturated heterocycles. The molecular formula is C17H17N3O. The van der Waals surface area contributed by atoms with Crippen molar-refractivity contribution in [3.63, 3.8) is 0 Å². The van der Waals surface area contributed by atoms with Gasteiger partial charge in [-0.1, -0.05) is 60.7 Å². The fourth-order valence-corrected chi connectivity index (χ4v) is 2.66. The molecule has 0 radical (unpaired) electrons. The first-order chi connectivity index (χ1) is 10.2. The van der Waals surface area contributed by atoms with E-state index >= 15 is 0 Å². The predicted molar refractivity (Wildman–Crippen MR) is 83.1 cm³/mol. The minimum Gasteiger partial charge on any atom is -0.370 e. The molecule has 2 atom stereocenters. The van der Waals surface area contributed by atoms with Crippen LogP contribution in [0.2, 0.25) is 0 Å². The molecule has 0 aliphatic carbocycles. The Morgan fingerprint density at radius 2 is 1.62 bits per heavy atom. The van der Waals surface area contributed by atoms with Crippen LogP contribution in [0.4, 0.5) is 0 Å². The van der Waals surface area contributed by atoms with E-state index in [1.165, 1.54) is 0 Å². The van der Waals surface area contributed by atoms with Gasteiger partial charge in [-0.3, -0.25) is 4.79 Å². The highest BCUT2D eigenvalue weighted by Gasteiger charge is 2.39. The van der Waals surface area contributed by atoms with Gasteiger partial charge in [-0.15, -0.1) is 0 Å². The van der Waals surface area contributed by atoms with Crippen molar-refractivity contribution >= 4 is 11.7 Å². The van der Waals surface area contributed by atoms with Crippen molar-refractivity contribution in [1.82, 2.24) is 4.90 Å². The normalized spacial score (nSPS) is 21.2. The van der Waals surface area contributed by atoms with E-state index in [4.69, 9.17) is 5.73 Å². The van der Waals surface area contributed by atoms with Crippen molar-refractivity contribution < 1.29 is 4.79 Å². The van der Waals surface area contributed by atoms with Crippen LogP contribution in [0.5, 0.6) is 0 Å². The third-order valence-electron chi connectivity index (χ3n) is 3.82. The van der Waals surface area contributed by atoms with Crippen LogP contribution in [0.1, 0.15) is 22.0 Å². The van der Waals surface area contributed by atoms with Gasteiger partial charge >= 0.3 is 0 Å². The Morgan fingerprint density at radius 3 is 2.24 bits per heavy atom. The van der Waals surface area contributed by atoms with Crippen molar-refractivity contribution in [2.45, 2.75) is 12.1 Å². The summed E-state index contributed by atoms with van der Waals surface area (Å²) >= 11 is 0. The maximum absolute atomic E-state index is 12.8. The maximum Gasteiger partial charge on any atom is 0.192 e. The zero-order valence-corrected chi connectivity index (χ0v) is 11.8. The van der Waals surface area contributed by atoms with Gasteiger partial charge in [-0.05, 0) is 5.56 Å². The first-order valence-electron chi connectivity index (χ1n) is 6.89. The van der Waals surface area contributed by atoms with Crippen LogP contribution in [0, 0.1) is 0 Å². The number of guanidine groups is 1. The molecule has 2 aromatic rings. The number of aliphatic imine (C=N–C) groups is 1. The maximum atomic E-state index is 12.8. The Bertz CT molecular complexity index is 667. The summed E-state index contributed by atoms with van der Waals surface area (Å²) in [5.41, 5.74) is 7.62. The first kappa shape index (κ1) is 13.4. The molecule has 0 saturated carbocycles. The zero-order valence-electron chi connectivity index (χ0n) is 11.8. The molecule has 2 N–H and O–H groups in total. The van der Waals surface area contributed by atoms with E-state index in [0.717, 1.165) is 5.56 Å². The van der Waals surface area contributed by atoms with Crippen molar-refractivity contribution in [2.24, 2.45) is 10.7 Å². The summed E-state index contributed by atoms with van der Waals surface area (Å²) in [5, 5.41) is 0. The van der Waals surface area contributed by atoms with Gasteiger partial charge in [0.1, 0.15) is 12.1 Å². The number of nitrogens with two attached hydrogens (primary N) is 1. The van der Waals surface area contributed by atoms with Gasteiger partial charge in [0.15, 0.2) is 11.7 Å². The first-order valence-corrected chi connectivity index (χ1v) is 6.89. The molecule has 1 heterocycles. The molecule has 4 heteroatoms. The highest BCUT2D eigenvalue weighted by molar-refractivity contribution is 6.04. The lowest BCUT2D eigenvalue weighted by molar-refractivity contribution is 0.0895. The number of carbonyl (C=O) groups is 1. The van der Waals surface area contributed by atoms with Crippen molar-refractivity contribution in [1.29, 1.82) is 0 Å². The smallest absolute Gasteiger partial charge is 0.192 e. The zero-order chi connectivity index (χ0) is 14.8. The number of hydrogen-bond donors (Lipinski definition) is 1. The lowest BCUT2D eigenvalue weighted by Crippen LogP contribution is -2.43. The van der Waals surface area contributed by atoms with Crippen LogP contribution in [0.25, 0.3) is 0 Å². The highest BCUT2D eigenvalue weighted by atomic mass is 16.1. The second-order valence-electron chi connectivity index (χ2n) is 5.13. The van der Waals surface area contributed by atoms with E-state index in [1.54, 1.807) is 4.90 Å². The lowest BCUT2D eigenvalue weighted by Gasteiger charge is -2.24. The summed E-state index contributed by atoms with van der Waals surface area (Å²) in [6.07, 6.45) is 0. The van der Waals surface area contributed by atoms with E-state index in [-0.39, 0.29) is 11.8 Å². The molecule has 2 aromatic carbocycles. The number of rotatable bonds is 3. The molecule has 0 spiro atoms. The number of ketones is 1. The largest absolute Gasteiger partial charge is 0.370 e. The molecule has 0 bridgehead atoms. The minimum absolute atomic E-state index is 0.0381. The summed E-state index contributed by atoms with van der Waals surface area (Å²) in [5.74, 6) is 0.439. The van der Waals surface area contributed by atoms with Gasteiger partial charge in [-0.2, -0.15) is 0 Å². The Kier molecular flexibility index (Phi) is 3.44. The van der Waals surface area contributed by atoms with Gasteiger partial charge in [0.25, 0.3) is 0 Å². The molecule has 3 rings (SSSR count). The van der Waals surface area contributed by atoms with Gasteiger partial charge in [0, 0.05) is 12.6 Å². The summed E-state index contributed by atoms with van der Waals surface area (Å²) in [4.78, 5) is 19.0. The summed E-state index contributed by atoms with van der Waals surface area (Å²) in [7, 11) is 1.81. The van der Waals surface area contributed by atoms with E-state index in [0.29, 0.717) is 11.5 Å². The van der Waals surface area contributed by atoms with Crippen LogP contribution in [0.3, 0.4) is 0 Å². The van der Waals surface area contributed by atoms with Crippen LogP contribution >= 0.6 is 0 Å². The Hall–Kier alpha value is -2.62. The van der Waals surface area contributed by atoms with E-state index in [2.05, 4.69) is 4.99 Å². The van der Waals surface area contributed by atoms with Crippen LogP contribution in [0.15, 0.2) is 65.7 Å². The van der Waals surface area contributed by atoms with Gasteiger partial charge in [-0.25, -0.2) is 4.99 Å². The molecule has 0 aromatic heterocycles. The topological polar surface area (TPSA) is 58.7 Å². The molecule has 106 valence electrons. The monoisotopic (exact) mass is 279 g/mol. The second kappa shape index (κ2) is 5.40. The molecule has 4 nitrogen and oxygen atoms in total. The summed E-state index contributed by atoms with van der Waals surface area (Å²) < 4.78 is 0. The summed E-state index contributed by atoms with van der Waals surface area (Å²) in [6.45, 7) is 0. The number of hydrogen-bond acceptors (Lipinski definition) is 4. The van der Waals surface area contributed by atoms with Crippen molar-refractivity contribution in [2.75, 3.05) is 7.05 Å². The SMILES string of the molecule is CN1C(N)=NC(c2ccccc2)C1C(=O)c1ccccc1. The Labute approximate surface area is 123 Å². The molecule has 21 heavy (non-hydrogen) atoms. The number of likely N-dealkylation sites (N-methyl/N-ethyl adjacent to an activating group) is 1. The lowest BCUT2D eigenvalue weighted by atomic mass is 9.93. The third kappa shape index (κ3) is 2.40. The molecule has 1 aliphatic rings. The van der Waals surface area contributed by atoms with E-state index in [9.17, 15) is 4.79 Å². The molecule has 0 fully saturated rings. The van der Waals surface area contributed by atoms with Crippen molar-refractivity contribution in [3.05, 3.63) is 71.8 Å². The fourth-order valence-electron chi connectivity index (χ4n) is 2.66. The van der Waals surface area contributed by atoms with Crippen LogP contribution in [-0.2, 0) is 0 Å². The van der Waals surface area contributed by atoms with Gasteiger partial charge < -0.3 is 10.6 Å². The summed E-state index contributed by atoms with van der Waals surface area (Å²) in [6, 6.07) is 18.4. The minimum atomic E-state index is -0.394.